The van der Waals surface area contributed by atoms with Crippen molar-refractivity contribution in [1.82, 2.24) is 20.8 Å². The molecular formula is C12H23N5O2. The Bertz CT molecular complexity index is 391. The lowest BCUT2D eigenvalue weighted by molar-refractivity contribution is -0.119. The zero-order chi connectivity index (χ0) is 14.3. The van der Waals surface area contributed by atoms with Gasteiger partial charge in [-0.1, -0.05) is 25.9 Å². The summed E-state index contributed by atoms with van der Waals surface area (Å²) in [6.45, 7) is 9.64. The van der Waals surface area contributed by atoms with Crippen molar-refractivity contribution in [2.24, 2.45) is 5.92 Å². The number of nitrogens with zero attached hydrogens (tertiary/aromatic N) is 2. The molecule has 1 aromatic heterocycles. The van der Waals surface area contributed by atoms with Crippen molar-refractivity contribution in [2.75, 3.05) is 25.0 Å². The van der Waals surface area contributed by atoms with Crippen molar-refractivity contribution in [3.63, 3.8) is 0 Å². The van der Waals surface area contributed by atoms with E-state index in [9.17, 15) is 4.79 Å². The van der Waals surface area contributed by atoms with Crippen LogP contribution in [-0.2, 0) is 4.79 Å². The van der Waals surface area contributed by atoms with Gasteiger partial charge in [0.2, 0.25) is 11.8 Å². The van der Waals surface area contributed by atoms with Crippen LogP contribution in [0, 0.1) is 5.92 Å². The number of rotatable bonds is 8. The summed E-state index contributed by atoms with van der Waals surface area (Å²) < 4.78 is 5.40. The van der Waals surface area contributed by atoms with E-state index in [1.807, 2.05) is 27.7 Å². The van der Waals surface area contributed by atoms with Gasteiger partial charge in [-0.25, -0.2) is 0 Å². The van der Waals surface area contributed by atoms with E-state index in [0.29, 0.717) is 18.4 Å². The van der Waals surface area contributed by atoms with Crippen LogP contribution in [0.4, 0.5) is 6.01 Å². The molecule has 0 saturated carbocycles. The molecule has 1 aromatic rings. The van der Waals surface area contributed by atoms with Gasteiger partial charge in [-0.15, -0.1) is 5.10 Å². The molecule has 7 nitrogen and oxygen atoms in total. The van der Waals surface area contributed by atoms with Gasteiger partial charge in [0.05, 0.1) is 12.6 Å². The van der Waals surface area contributed by atoms with Gasteiger partial charge in [0.25, 0.3) is 0 Å². The molecule has 1 rings (SSSR count). The van der Waals surface area contributed by atoms with Crippen LogP contribution in [0.15, 0.2) is 4.42 Å². The van der Waals surface area contributed by atoms with Gasteiger partial charge in [-0.2, -0.15) is 0 Å². The fourth-order valence-electron chi connectivity index (χ4n) is 1.41. The fourth-order valence-corrected chi connectivity index (χ4v) is 1.41. The van der Waals surface area contributed by atoms with E-state index in [2.05, 4.69) is 26.1 Å². The van der Waals surface area contributed by atoms with Crippen molar-refractivity contribution in [3.8, 4) is 0 Å². The Kier molecular flexibility index (Phi) is 6.27. The molecule has 7 heteroatoms. The Morgan fingerprint density at radius 3 is 2.68 bits per heavy atom. The summed E-state index contributed by atoms with van der Waals surface area (Å²) in [6.07, 6.45) is 0. The predicted molar refractivity (Wildman–Crippen MR) is 72.7 cm³/mol. The smallest absolute Gasteiger partial charge is 0.315 e. The number of amides is 1. The third-order valence-electron chi connectivity index (χ3n) is 2.43. The van der Waals surface area contributed by atoms with Gasteiger partial charge in [0.1, 0.15) is 0 Å². The van der Waals surface area contributed by atoms with Crippen LogP contribution in [0.5, 0.6) is 0 Å². The van der Waals surface area contributed by atoms with E-state index in [-0.39, 0.29) is 24.5 Å². The zero-order valence-electron chi connectivity index (χ0n) is 12.0. The summed E-state index contributed by atoms with van der Waals surface area (Å²) in [5.41, 5.74) is 0. The SMILES string of the molecule is CCNC(C)c1nnc(NCC(=O)NCC(C)C)o1. The zero-order valence-corrected chi connectivity index (χ0v) is 12.0. The van der Waals surface area contributed by atoms with Crippen LogP contribution in [0.25, 0.3) is 0 Å². The number of carbonyl (C=O) groups excluding carboxylic acids is 1. The molecule has 1 unspecified atom stereocenters. The summed E-state index contributed by atoms with van der Waals surface area (Å²) in [5, 5.41) is 16.5. The molecule has 1 heterocycles. The second-order valence-corrected chi connectivity index (χ2v) is 4.78. The predicted octanol–water partition coefficient (Wildman–Crippen LogP) is 0.924. The van der Waals surface area contributed by atoms with Crippen LogP contribution in [0.1, 0.15) is 39.6 Å². The summed E-state index contributed by atoms with van der Waals surface area (Å²) in [7, 11) is 0. The van der Waals surface area contributed by atoms with E-state index < -0.39 is 0 Å². The first-order valence-corrected chi connectivity index (χ1v) is 6.60. The minimum absolute atomic E-state index is 0.00261. The lowest BCUT2D eigenvalue weighted by atomic mass is 10.2. The van der Waals surface area contributed by atoms with E-state index in [1.54, 1.807) is 0 Å². The van der Waals surface area contributed by atoms with Gasteiger partial charge >= 0.3 is 6.01 Å². The second-order valence-electron chi connectivity index (χ2n) is 4.78. The Hall–Kier alpha value is -1.63. The lowest BCUT2D eigenvalue weighted by Gasteiger charge is -2.07. The molecular weight excluding hydrogens is 246 g/mol. The maximum Gasteiger partial charge on any atom is 0.315 e. The first-order chi connectivity index (χ1) is 9.02. The standard InChI is InChI=1S/C12H23N5O2/c1-5-13-9(4)11-16-17-12(19-11)15-7-10(18)14-6-8(2)3/h8-9,13H,5-7H2,1-4H3,(H,14,18)(H,15,17). The first-order valence-electron chi connectivity index (χ1n) is 6.60. The molecule has 0 saturated heterocycles. The lowest BCUT2D eigenvalue weighted by Crippen LogP contribution is -2.32. The molecule has 0 aromatic carbocycles. The molecule has 1 amide bonds. The fraction of sp³-hybridized carbons (Fsp3) is 0.750. The number of carbonyl (C=O) groups is 1. The minimum Gasteiger partial charge on any atom is -0.406 e. The van der Waals surface area contributed by atoms with E-state index >= 15 is 0 Å². The van der Waals surface area contributed by atoms with Crippen LogP contribution in [0.2, 0.25) is 0 Å². The summed E-state index contributed by atoms with van der Waals surface area (Å²) in [5.74, 6) is 0.847. The molecule has 0 aliphatic heterocycles. The Morgan fingerprint density at radius 2 is 2.05 bits per heavy atom. The van der Waals surface area contributed by atoms with Gasteiger partial charge in [-0.05, 0) is 19.4 Å². The maximum atomic E-state index is 11.5. The van der Waals surface area contributed by atoms with E-state index in [4.69, 9.17) is 4.42 Å². The third-order valence-corrected chi connectivity index (χ3v) is 2.43. The Morgan fingerprint density at radius 1 is 1.32 bits per heavy atom. The topological polar surface area (TPSA) is 92.1 Å². The minimum atomic E-state index is -0.0896. The highest BCUT2D eigenvalue weighted by atomic mass is 16.4. The van der Waals surface area contributed by atoms with Gasteiger partial charge < -0.3 is 20.4 Å². The molecule has 19 heavy (non-hydrogen) atoms. The number of hydrogen-bond donors (Lipinski definition) is 3. The number of nitrogens with one attached hydrogen (secondary N) is 3. The summed E-state index contributed by atoms with van der Waals surface area (Å²) in [6, 6.07) is 0.266. The molecule has 0 aliphatic carbocycles. The molecule has 108 valence electrons. The summed E-state index contributed by atoms with van der Waals surface area (Å²) in [4.78, 5) is 11.5. The molecule has 0 spiro atoms. The summed E-state index contributed by atoms with van der Waals surface area (Å²) >= 11 is 0. The molecule has 3 N–H and O–H groups in total. The number of aromatic nitrogens is 2. The highest BCUT2D eigenvalue weighted by Crippen LogP contribution is 2.12. The monoisotopic (exact) mass is 269 g/mol. The van der Waals surface area contributed by atoms with Crippen LogP contribution in [-0.4, -0.2) is 35.7 Å². The highest BCUT2D eigenvalue weighted by Gasteiger charge is 2.13. The van der Waals surface area contributed by atoms with Crippen molar-refractivity contribution < 1.29 is 9.21 Å². The van der Waals surface area contributed by atoms with Crippen molar-refractivity contribution in [2.45, 2.75) is 33.7 Å². The number of hydrogen-bond acceptors (Lipinski definition) is 6. The van der Waals surface area contributed by atoms with Crippen molar-refractivity contribution >= 4 is 11.9 Å². The molecule has 0 radical (unpaired) electrons. The van der Waals surface area contributed by atoms with Crippen LogP contribution >= 0.6 is 0 Å². The normalized spacial score (nSPS) is 12.5. The average Bonchev–Trinajstić information content (AvgIpc) is 2.83. The largest absolute Gasteiger partial charge is 0.406 e. The number of anilines is 1. The van der Waals surface area contributed by atoms with E-state index in [0.717, 1.165) is 6.54 Å². The van der Waals surface area contributed by atoms with Gasteiger partial charge in [0, 0.05) is 6.54 Å². The molecule has 0 bridgehead atoms. The van der Waals surface area contributed by atoms with Crippen molar-refractivity contribution in [3.05, 3.63) is 5.89 Å². The van der Waals surface area contributed by atoms with Crippen LogP contribution in [0.3, 0.4) is 0 Å². The second kappa shape index (κ2) is 7.73. The third kappa shape index (κ3) is 5.69. The van der Waals surface area contributed by atoms with Gasteiger partial charge in [0.15, 0.2) is 0 Å². The quantitative estimate of drug-likeness (QED) is 0.650. The van der Waals surface area contributed by atoms with Gasteiger partial charge in [-0.3, -0.25) is 4.79 Å². The van der Waals surface area contributed by atoms with E-state index in [1.165, 1.54) is 0 Å². The maximum absolute atomic E-state index is 11.5. The molecule has 0 fully saturated rings. The first kappa shape index (κ1) is 15.4. The van der Waals surface area contributed by atoms with Crippen LogP contribution < -0.4 is 16.0 Å². The van der Waals surface area contributed by atoms with Crippen molar-refractivity contribution in [1.29, 1.82) is 0 Å². The average molecular weight is 269 g/mol. The molecule has 0 aliphatic rings. The highest BCUT2D eigenvalue weighted by molar-refractivity contribution is 5.79. The Balaban J connectivity index is 2.35. The Labute approximate surface area is 113 Å². The molecule has 1 atom stereocenters.